The molecule has 1 spiro atoms. The maximum Gasteiger partial charge on any atom is 0.214 e. The summed E-state index contributed by atoms with van der Waals surface area (Å²) in [5.41, 5.74) is 3.59. The van der Waals surface area contributed by atoms with Crippen molar-refractivity contribution in [1.82, 2.24) is 20.0 Å². The molecule has 3 heterocycles. The first-order valence-corrected chi connectivity index (χ1v) is 10.0. The highest BCUT2D eigenvalue weighted by atomic mass is 79.9. The van der Waals surface area contributed by atoms with E-state index in [0.717, 1.165) is 28.8 Å². The minimum absolute atomic E-state index is 0.418. The molecule has 1 aromatic carbocycles. The first-order chi connectivity index (χ1) is 13.1. The van der Waals surface area contributed by atoms with Gasteiger partial charge in [0.15, 0.2) is 5.82 Å². The molecule has 2 aliphatic rings. The Hall–Kier alpha value is -2.28. The highest BCUT2D eigenvalue weighted by molar-refractivity contribution is 9.10. The zero-order valence-electron chi connectivity index (χ0n) is 14.8. The fourth-order valence-corrected chi connectivity index (χ4v) is 4.26. The molecule has 7 heteroatoms. The Morgan fingerprint density at radius 3 is 2.59 bits per heavy atom. The van der Waals surface area contributed by atoms with Crippen molar-refractivity contribution >= 4 is 21.6 Å². The molecule has 0 bridgehead atoms. The molecular weight excluding hydrogens is 409 g/mol. The molecular formula is C20H19BrFN5. The Bertz CT molecular complexity index is 988. The van der Waals surface area contributed by atoms with Crippen LogP contribution in [0.1, 0.15) is 25.7 Å². The van der Waals surface area contributed by atoms with Crippen LogP contribution in [0.25, 0.3) is 17.1 Å². The summed E-state index contributed by atoms with van der Waals surface area (Å²) in [6.07, 6.45) is 7.11. The topological polar surface area (TPSA) is 46.8 Å². The smallest absolute Gasteiger partial charge is 0.214 e. The van der Waals surface area contributed by atoms with Gasteiger partial charge in [0.25, 0.3) is 0 Å². The van der Waals surface area contributed by atoms with Gasteiger partial charge < -0.3 is 4.90 Å². The van der Waals surface area contributed by atoms with Gasteiger partial charge in [-0.2, -0.15) is 4.39 Å². The lowest BCUT2D eigenvalue weighted by atomic mass is 9.93. The molecule has 138 valence electrons. The number of rotatable bonds is 3. The number of hydrogen-bond donors (Lipinski definition) is 0. The fourth-order valence-electron chi connectivity index (χ4n) is 3.91. The molecule has 0 amide bonds. The minimum atomic E-state index is -0.531. The quantitative estimate of drug-likeness (QED) is 0.572. The van der Waals surface area contributed by atoms with Crippen molar-refractivity contribution in [2.24, 2.45) is 5.41 Å². The Labute approximate surface area is 165 Å². The lowest BCUT2D eigenvalue weighted by Crippen LogP contribution is -2.34. The van der Waals surface area contributed by atoms with Gasteiger partial charge in [0.05, 0.1) is 6.20 Å². The first kappa shape index (κ1) is 16.9. The summed E-state index contributed by atoms with van der Waals surface area (Å²) in [6.45, 7) is 2.14. The molecule has 5 rings (SSSR count). The van der Waals surface area contributed by atoms with E-state index in [-0.39, 0.29) is 0 Å². The van der Waals surface area contributed by atoms with Crippen molar-refractivity contribution in [3.8, 4) is 17.1 Å². The van der Waals surface area contributed by atoms with Crippen LogP contribution in [-0.2, 0) is 0 Å². The van der Waals surface area contributed by atoms with E-state index in [0.29, 0.717) is 11.2 Å². The molecule has 0 radical (unpaired) electrons. The molecule has 0 atom stereocenters. The number of pyridine rings is 1. The number of anilines is 1. The predicted octanol–water partition coefficient (Wildman–Crippen LogP) is 4.61. The third-order valence-corrected chi connectivity index (χ3v) is 6.28. The van der Waals surface area contributed by atoms with E-state index in [1.54, 1.807) is 18.3 Å². The molecule has 1 saturated carbocycles. The zero-order chi connectivity index (χ0) is 18.4. The van der Waals surface area contributed by atoms with E-state index < -0.39 is 5.95 Å². The van der Waals surface area contributed by atoms with Crippen molar-refractivity contribution in [3.05, 3.63) is 53.0 Å². The van der Waals surface area contributed by atoms with Crippen LogP contribution >= 0.6 is 15.9 Å². The van der Waals surface area contributed by atoms with Crippen LogP contribution in [0.5, 0.6) is 0 Å². The van der Waals surface area contributed by atoms with E-state index in [9.17, 15) is 4.39 Å². The van der Waals surface area contributed by atoms with Crippen LogP contribution in [-0.4, -0.2) is 33.1 Å². The van der Waals surface area contributed by atoms with Gasteiger partial charge in [0, 0.05) is 28.8 Å². The van der Waals surface area contributed by atoms with Crippen LogP contribution in [0.2, 0.25) is 0 Å². The molecule has 2 aromatic heterocycles. The maximum atomic E-state index is 13.4. The Morgan fingerprint density at radius 1 is 1.04 bits per heavy atom. The van der Waals surface area contributed by atoms with Crippen LogP contribution in [0.15, 0.2) is 47.1 Å². The maximum absolute atomic E-state index is 13.4. The predicted molar refractivity (Wildman–Crippen MR) is 105 cm³/mol. The SMILES string of the molecule is Fc1cccc(-n2cc(-c3ccc(Br)cc3N3CCC4(CC3)CC4)nn2)n1. The number of piperidine rings is 1. The largest absolute Gasteiger partial charge is 0.371 e. The van der Waals surface area contributed by atoms with Gasteiger partial charge in [-0.05, 0) is 61.4 Å². The van der Waals surface area contributed by atoms with E-state index >= 15 is 0 Å². The van der Waals surface area contributed by atoms with Gasteiger partial charge >= 0.3 is 0 Å². The average molecular weight is 428 g/mol. The van der Waals surface area contributed by atoms with E-state index in [2.05, 4.69) is 48.3 Å². The third kappa shape index (κ3) is 3.25. The van der Waals surface area contributed by atoms with Crippen molar-refractivity contribution in [3.63, 3.8) is 0 Å². The van der Waals surface area contributed by atoms with Gasteiger partial charge in [-0.3, -0.25) is 0 Å². The molecule has 0 unspecified atom stereocenters. The fraction of sp³-hybridized carbons (Fsp3) is 0.350. The van der Waals surface area contributed by atoms with Gasteiger partial charge in [-0.15, -0.1) is 5.10 Å². The van der Waals surface area contributed by atoms with Gasteiger partial charge in [-0.25, -0.2) is 9.67 Å². The van der Waals surface area contributed by atoms with Crippen molar-refractivity contribution < 1.29 is 4.39 Å². The summed E-state index contributed by atoms with van der Waals surface area (Å²) in [5.74, 6) is -0.114. The molecule has 3 aromatic rings. The Kier molecular flexibility index (Phi) is 4.00. The normalized spacial score (nSPS) is 18.1. The highest BCUT2D eigenvalue weighted by Crippen LogP contribution is 2.54. The van der Waals surface area contributed by atoms with Crippen LogP contribution < -0.4 is 4.90 Å². The number of halogens is 2. The van der Waals surface area contributed by atoms with E-state index in [4.69, 9.17) is 0 Å². The highest BCUT2D eigenvalue weighted by Gasteiger charge is 2.44. The van der Waals surface area contributed by atoms with Gasteiger partial charge in [-0.1, -0.05) is 27.2 Å². The summed E-state index contributed by atoms with van der Waals surface area (Å²) < 4.78 is 16.0. The summed E-state index contributed by atoms with van der Waals surface area (Å²) in [5, 5.41) is 8.48. The molecule has 5 nitrogen and oxygen atoms in total. The van der Waals surface area contributed by atoms with Crippen LogP contribution in [0, 0.1) is 11.4 Å². The summed E-state index contributed by atoms with van der Waals surface area (Å²) >= 11 is 3.60. The van der Waals surface area contributed by atoms with Crippen molar-refractivity contribution in [2.75, 3.05) is 18.0 Å². The zero-order valence-corrected chi connectivity index (χ0v) is 16.4. The van der Waals surface area contributed by atoms with Gasteiger partial charge in [0.2, 0.25) is 5.95 Å². The molecule has 2 fully saturated rings. The van der Waals surface area contributed by atoms with Crippen molar-refractivity contribution in [1.29, 1.82) is 0 Å². The lowest BCUT2D eigenvalue weighted by Gasteiger charge is -2.35. The number of nitrogens with zero attached hydrogens (tertiary/aromatic N) is 5. The minimum Gasteiger partial charge on any atom is -0.371 e. The molecule has 1 saturated heterocycles. The monoisotopic (exact) mass is 427 g/mol. The summed E-state index contributed by atoms with van der Waals surface area (Å²) in [7, 11) is 0. The summed E-state index contributed by atoms with van der Waals surface area (Å²) in [6, 6.07) is 10.9. The Balaban J connectivity index is 1.48. The second-order valence-electron chi connectivity index (χ2n) is 7.52. The number of aromatic nitrogens is 4. The third-order valence-electron chi connectivity index (χ3n) is 5.79. The van der Waals surface area contributed by atoms with Crippen molar-refractivity contribution in [2.45, 2.75) is 25.7 Å². The van der Waals surface area contributed by atoms with Crippen LogP contribution in [0.4, 0.5) is 10.1 Å². The van der Waals surface area contributed by atoms with E-state index in [1.807, 2.05) is 6.07 Å². The molecule has 1 aliphatic carbocycles. The standard InChI is InChI=1S/C20H19BrFN5/c21-14-4-5-15(17(12-14)26-10-8-20(6-7-20)9-11-26)16-13-27(25-24-16)19-3-1-2-18(22)23-19/h1-5,12-13H,6-11H2. The Morgan fingerprint density at radius 2 is 1.85 bits per heavy atom. The summed E-state index contributed by atoms with van der Waals surface area (Å²) in [4.78, 5) is 6.32. The molecule has 1 aliphatic heterocycles. The lowest BCUT2D eigenvalue weighted by molar-refractivity contribution is 0.384. The second-order valence-corrected chi connectivity index (χ2v) is 8.43. The first-order valence-electron chi connectivity index (χ1n) is 9.22. The number of benzene rings is 1. The van der Waals surface area contributed by atoms with E-state index in [1.165, 1.54) is 42.1 Å². The molecule has 0 N–H and O–H groups in total. The molecule has 27 heavy (non-hydrogen) atoms. The van der Waals surface area contributed by atoms with Gasteiger partial charge in [0.1, 0.15) is 5.69 Å². The van der Waals surface area contributed by atoms with Crippen LogP contribution in [0.3, 0.4) is 0 Å². The average Bonchev–Trinajstić information content (AvgIpc) is 3.24. The number of hydrogen-bond acceptors (Lipinski definition) is 4. The second kappa shape index (κ2) is 6.41.